The summed E-state index contributed by atoms with van der Waals surface area (Å²) >= 11 is 0. The van der Waals surface area contributed by atoms with Crippen LogP contribution >= 0.6 is 0 Å². The third kappa shape index (κ3) is 4.62. The first-order valence-electron chi connectivity index (χ1n) is 11.1. The number of rotatable bonds is 7. The van der Waals surface area contributed by atoms with Crippen molar-refractivity contribution < 1.29 is 19.1 Å². The van der Waals surface area contributed by atoms with Crippen LogP contribution in [0.5, 0.6) is 5.75 Å². The Morgan fingerprint density at radius 3 is 2.91 bits per heavy atom. The van der Waals surface area contributed by atoms with Gasteiger partial charge in [0.2, 0.25) is 5.89 Å². The molecule has 0 amide bonds. The Morgan fingerprint density at radius 1 is 1.28 bits per heavy atom. The minimum atomic E-state index is -0.838. The third-order valence-electron chi connectivity index (χ3n) is 6.18. The highest BCUT2D eigenvalue weighted by Crippen LogP contribution is 2.39. The van der Waals surface area contributed by atoms with Gasteiger partial charge in [-0.2, -0.15) is 0 Å². The maximum Gasteiger partial charge on any atom is 0.331 e. The van der Waals surface area contributed by atoms with Crippen LogP contribution in [0.1, 0.15) is 61.1 Å². The van der Waals surface area contributed by atoms with Crippen LogP contribution in [0.25, 0.3) is 5.57 Å². The molecule has 166 valence electrons. The molecular weight excluding hydrogens is 402 g/mol. The zero-order valence-corrected chi connectivity index (χ0v) is 18.9. The van der Waals surface area contributed by atoms with Crippen molar-refractivity contribution in [1.29, 1.82) is 0 Å². The van der Waals surface area contributed by atoms with Gasteiger partial charge in [0.05, 0.1) is 12.3 Å². The molecule has 0 aliphatic heterocycles. The van der Waals surface area contributed by atoms with Crippen molar-refractivity contribution >= 4 is 11.5 Å². The Hall–Kier alpha value is -3.34. The number of hydrogen-bond donors (Lipinski definition) is 1. The van der Waals surface area contributed by atoms with E-state index in [-0.39, 0.29) is 5.92 Å². The van der Waals surface area contributed by atoms with E-state index in [1.807, 2.05) is 31.2 Å². The number of allylic oxidation sites excluding steroid dienone is 7. The van der Waals surface area contributed by atoms with Crippen LogP contribution in [0.15, 0.2) is 64.1 Å². The van der Waals surface area contributed by atoms with Gasteiger partial charge in [0.1, 0.15) is 11.5 Å². The largest absolute Gasteiger partial charge is 0.493 e. The van der Waals surface area contributed by atoms with Crippen molar-refractivity contribution in [1.82, 2.24) is 4.98 Å². The minimum Gasteiger partial charge on any atom is -0.493 e. The summed E-state index contributed by atoms with van der Waals surface area (Å²) in [6.07, 6.45) is 13.4. The topological polar surface area (TPSA) is 72.6 Å². The molecule has 0 saturated heterocycles. The van der Waals surface area contributed by atoms with E-state index in [4.69, 9.17) is 14.1 Å². The van der Waals surface area contributed by atoms with Crippen molar-refractivity contribution in [2.75, 3.05) is 6.61 Å². The van der Waals surface area contributed by atoms with Crippen molar-refractivity contribution in [3.05, 3.63) is 88.2 Å². The second-order valence-electron chi connectivity index (χ2n) is 8.30. The molecule has 0 fully saturated rings. The van der Waals surface area contributed by atoms with Gasteiger partial charge in [0.25, 0.3) is 0 Å². The van der Waals surface area contributed by atoms with Crippen LogP contribution in [-0.4, -0.2) is 22.7 Å². The molecule has 2 aliphatic rings. The zero-order chi connectivity index (χ0) is 22.7. The Morgan fingerprint density at radius 2 is 2.12 bits per heavy atom. The second-order valence-corrected chi connectivity index (χ2v) is 8.30. The minimum absolute atomic E-state index is 0.0379. The fraction of sp³-hybridized carbons (Fsp3) is 0.333. The number of aryl methyl sites for hydroxylation is 2. The van der Waals surface area contributed by atoms with Crippen LogP contribution in [0.3, 0.4) is 0 Å². The first-order valence-corrected chi connectivity index (χ1v) is 11.1. The molecule has 5 heteroatoms. The lowest BCUT2D eigenvalue weighted by molar-refractivity contribution is -0.133. The first kappa shape index (κ1) is 21.9. The summed E-state index contributed by atoms with van der Waals surface area (Å²) in [5.74, 6) is 1.40. The molecule has 32 heavy (non-hydrogen) atoms. The number of ether oxygens (including phenoxy) is 1. The number of aliphatic carboxylic acids is 1. The SMILES string of the molecule is C/C=C(\C(=O)O)[C@H]1CCc2cc(OCCc3nc(C4=CCC=C(C)C=C4)oc3C)ccc21. The lowest BCUT2D eigenvalue weighted by atomic mass is 9.92. The summed E-state index contributed by atoms with van der Waals surface area (Å²) in [6.45, 7) is 6.31. The second kappa shape index (κ2) is 9.43. The van der Waals surface area contributed by atoms with Gasteiger partial charge >= 0.3 is 5.97 Å². The molecule has 0 saturated carbocycles. The standard InChI is InChI=1S/C27H29NO4/c1-4-22(27(29)30)24-12-10-20-16-21(11-13-23(20)24)31-15-14-25-18(3)32-26(28-25)19-7-5-6-17(2)8-9-19/h4,6-9,11,13,16,24H,5,10,12,14-15H2,1-3H3,(H,29,30)/b22-4-/t24-/m1/s1. The Bertz CT molecular complexity index is 1150. The number of nitrogens with zero attached hydrogens (tertiary/aromatic N) is 1. The molecule has 1 aromatic heterocycles. The average molecular weight is 432 g/mol. The van der Waals surface area contributed by atoms with Crippen molar-refractivity contribution in [2.45, 2.75) is 52.4 Å². The number of benzene rings is 1. The van der Waals surface area contributed by atoms with Crippen molar-refractivity contribution in [2.24, 2.45) is 0 Å². The normalized spacial score (nSPS) is 18.1. The molecule has 1 heterocycles. The molecule has 1 N–H and O–H groups in total. The van der Waals surface area contributed by atoms with Gasteiger partial charge in [-0.05, 0) is 69.4 Å². The summed E-state index contributed by atoms with van der Waals surface area (Å²) < 4.78 is 11.9. The third-order valence-corrected chi connectivity index (χ3v) is 6.18. The van der Waals surface area contributed by atoms with E-state index in [0.717, 1.165) is 47.6 Å². The lowest BCUT2D eigenvalue weighted by Crippen LogP contribution is -2.09. The molecule has 1 atom stereocenters. The number of hydrogen-bond acceptors (Lipinski definition) is 4. The quantitative estimate of drug-likeness (QED) is 0.548. The summed E-state index contributed by atoms with van der Waals surface area (Å²) in [6, 6.07) is 5.99. The predicted octanol–water partition coefficient (Wildman–Crippen LogP) is 5.95. The van der Waals surface area contributed by atoms with Crippen LogP contribution in [-0.2, 0) is 17.6 Å². The fourth-order valence-electron chi connectivity index (χ4n) is 4.42. The Balaban J connectivity index is 1.39. The molecule has 2 aromatic rings. The first-order chi connectivity index (χ1) is 15.5. The molecule has 4 rings (SSSR count). The highest BCUT2D eigenvalue weighted by molar-refractivity contribution is 5.88. The summed E-state index contributed by atoms with van der Waals surface area (Å²) in [7, 11) is 0. The van der Waals surface area contributed by atoms with E-state index in [1.54, 1.807) is 13.0 Å². The van der Waals surface area contributed by atoms with E-state index in [2.05, 4.69) is 25.2 Å². The Labute approximate surface area is 188 Å². The number of carboxylic acid groups (broad SMARTS) is 1. The molecule has 0 unspecified atom stereocenters. The van der Waals surface area contributed by atoms with Gasteiger partial charge in [0.15, 0.2) is 0 Å². The maximum atomic E-state index is 11.5. The Kier molecular flexibility index (Phi) is 6.45. The van der Waals surface area contributed by atoms with E-state index < -0.39 is 5.97 Å². The average Bonchev–Trinajstić information content (AvgIpc) is 3.26. The molecular formula is C27H29NO4. The van der Waals surface area contributed by atoms with Gasteiger partial charge in [0, 0.05) is 23.5 Å². The van der Waals surface area contributed by atoms with Crippen LogP contribution in [0.2, 0.25) is 0 Å². The molecule has 0 bridgehead atoms. The van der Waals surface area contributed by atoms with Crippen LogP contribution in [0, 0.1) is 6.92 Å². The van der Waals surface area contributed by atoms with Gasteiger partial charge in [-0.15, -0.1) is 0 Å². The van der Waals surface area contributed by atoms with Gasteiger partial charge < -0.3 is 14.3 Å². The van der Waals surface area contributed by atoms with Gasteiger partial charge in [-0.25, -0.2) is 9.78 Å². The number of oxazole rings is 1. The molecule has 0 radical (unpaired) electrons. The number of aromatic nitrogens is 1. The van der Waals surface area contributed by atoms with Crippen LogP contribution < -0.4 is 4.74 Å². The number of carbonyl (C=O) groups is 1. The summed E-state index contributed by atoms with van der Waals surface area (Å²) in [4.78, 5) is 16.2. The predicted molar refractivity (Wildman–Crippen MR) is 125 cm³/mol. The van der Waals surface area contributed by atoms with Crippen molar-refractivity contribution in [3.63, 3.8) is 0 Å². The van der Waals surface area contributed by atoms with E-state index in [0.29, 0.717) is 24.5 Å². The smallest absolute Gasteiger partial charge is 0.331 e. The molecule has 2 aliphatic carbocycles. The summed E-state index contributed by atoms with van der Waals surface area (Å²) in [5, 5.41) is 9.45. The maximum absolute atomic E-state index is 11.5. The monoisotopic (exact) mass is 431 g/mol. The van der Waals surface area contributed by atoms with Gasteiger partial charge in [-0.1, -0.05) is 35.9 Å². The lowest BCUT2D eigenvalue weighted by Gasteiger charge is -2.13. The zero-order valence-electron chi connectivity index (χ0n) is 18.9. The molecule has 5 nitrogen and oxygen atoms in total. The fourth-order valence-corrected chi connectivity index (χ4v) is 4.42. The highest BCUT2D eigenvalue weighted by atomic mass is 16.5. The van der Waals surface area contributed by atoms with Crippen LogP contribution in [0.4, 0.5) is 0 Å². The molecule has 1 aromatic carbocycles. The summed E-state index contributed by atoms with van der Waals surface area (Å²) in [5.41, 5.74) is 5.88. The van der Waals surface area contributed by atoms with E-state index in [1.165, 1.54) is 11.1 Å². The highest BCUT2D eigenvalue weighted by Gasteiger charge is 2.29. The van der Waals surface area contributed by atoms with Gasteiger partial charge in [-0.3, -0.25) is 0 Å². The molecule has 0 spiro atoms. The van der Waals surface area contributed by atoms with Crippen molar-refractivity contribution in [3.8, 4) is 5.75 Å². The van der Waals surface area contributed by atoms with E-state index >= 15 is 0 Å². The number of carboxylic acids is 1. The van der Waals surface area contributed by atoms with E-state index in [9.17, 15) is 9.90 Å². The number of fused-ring (bicyclic) bond motifs is 1.